The molecule has 0 aliphatic carbocycles. The highest BCUT2D eigenvalue weighted by Gasteiger charge is 2.26. The second-order valence-corrected chi connectivity index (χ2v) is 18.8. The number of hydrogen-bond donors (Lipinski definition) is 4. The Balaban J connectivity index is 3.57. The number of aliphatic hydroxyl groups excluding tert-OH is 3. The van der Waals surface area contributed by atoms with Crippen molar-refractivity contribution in [2.75, 3.05) is 6.61 Å². The molecule has 0 heterocycles. The number of hydrogen-bond acceptors (Lipinski definition) is 4. The zero-order valence-corrected chi connectivity index (χ0v) is 41.1. The first-order chi connectivity index (χ1) is 30.1. The van der Waals surface area contributed by atoms with E-state index in [-0.39, 0.29) is 12.5 Å². The molecule has 0 saturated carbocycles. The van der Waals surface area contributed by atoms with Crippen LogP contribution in [0.15, 0.2) is 36.5 Å². The SMILES string of the molecule is CCCCCCCCCCC/C=C/CC/C=C/CCCC(O)C(O)C(CO)NC(=O)CCCCCCCCCCCCCCC/C=C\CCCCCCCCCCCCCC. The van der Waals surface area contributed by atoms with E-state index in [1.54, 1.807) is 0 Å². The summed E-state index contributed by atoms with van der Waals surface area (Å²) in [5.74, 6) is -0.156. The lowest BCUT2D eigenvalue weighted by molar-refractivity contribution is -0.124. The lowest BCUT2D eigenvalue weighted by atomic mass is 10.0. The number of carbonyl (C=O) groups excluding carboxylic acids is 1. The molecule has 4 N–H and O–H groups in total. The fraction of sp³-hybridized carbons (Fsp3) is 0.875. The summed E-state index contributed by atoms with van der Waals surface area (Å²) in [6.45, 7) is 4.19. The van der Waals surface area contributed by atoms with E-state index in [1.165, 1.54) is 218 Å². The molecule has 5 heteroatoms. The van der Waals surface area contributed by atoms with Gasteiger partial charge in [0.2, 0.25) is 5.91 Å². The van der Waals surface area contributed by atoms with Crippen LogP contribution in [0.1, 0.15) is 290 Å². The molecule has 0 fully saturated rings. The highest BCUT2D eigenvalue weighted by atomic mass is 16.3. The maximum absolute atomic E-state index is 12.5. The van der Waals surface area contributed by atoms with Gasteiger partial charge in [0.05, 0.1) is 18.8 Å². The van der Waals surface area contributed by atoms with E-state index in [2.05, 4.69) is 55.6 Å². The van der Waals surface area contributed by atoms with Crippen molar-refractivity contribution in [3.63, 3.8) is 0 Å². The second kappa shape index (κ2) is 51.2. The Hall–Kier alpha value is -1.43. The van der Waals surface area contributed by atoms with Gasteiger partial charge in [-0.05, 0) is 77.0 Å². The minimum atomic E-state index is -1.17. The number of rotatable bonds is 50. The average molecular weight is 858 g/mol. The molecule has 5 nitrogen and oxygen atoms in total. The molecule has 0 rings (SSSR count). The number of unbranched alkanes of at least 4 members (excludes halogenated alkanes) is 36. The predicted molar refractivity (Wildman–Crippen MR) is 268 cm³/mol. The molecule has 0 spiro atoms. The molecule has 3 atom stereocenters. The topological polar surface area (TPSA) is 89.8 Å². The smallest absolute Gasteiger partial charge is 0.220 e. The molecule has 0 aromatic carbocycles. The van der Waals surface area contributed by atoms with Gasteiger partial charge in [-0.3, -0.25) is 4.79 Å². The summed E-state index contributed by atoms with van der Waals surface area (Å²) in [5, 5.41) is 33.7. The monoisotopic (exact) mass is 858 g/mol. The average Bonchev–Trinajstić information content (AvgIpc) is 3.26. The number of allylic oxidation sites excluding steroid dienone is 6. The minimum Gasteiger partial charge on any atom is -0.394 e. The van der Waals surface area contributed by atoms with E-state index in [4.69, 9.17) is 0 Å². The summed E-state index contributed by atoms with van der Waals surface area (Å²) in [6, 6.07) is -0.832. The first-order valence-corrected chi connectivity index (χ1v) is 27.3. The Morgan fingerprint density at radius 3 is 1.00 bits per heavy atom. The van der Waals surface area contributed by atoms with Crippen LogP contribution in [0.25, 0.3) is 0 Å². The van der Waals surface area contributed by atoms with Gasteiger partial charge >= 0.3 is 0 Å². The van der Waals surface area contributed by atoms with Crippen LogP contribution in [0.2, 0.25) is 0 Å². The summed E-state index contributed by atoms with van der Waals surface area (Å²) in [5.41, 5.74) is 0. The molecule has 360 valence electrons. The molecule has 0 aliphatic rings. The van der Waals surface area contributed by atoms with Crippen LogP contribution in [-0.2, 0) is 4.79 Å². The lowest BCUT2D eigenvalue weighted by Gasteiger charge is -2.26. The van der Waals surface area contributed by atoms with Gasteiger partial charge in [0.1, 0.15) is 6.10 Å². The van der Waals surface area contributed by atoms with Crippen LogP contribution >= 0.6 is 0 Å². The molecule has 3 unspecified atom stereocenters. The van der Waals surface area contributed by atoms with Crippen molar-refractivity contribution in [2.45, 2.75) is 308 Å². The second-order valence-electron chi connectivity index (χ2n) is 18.8. The Kier molecular flexibility index (Phi) is 50.0. The van der Waals surface area contributed by atoms with Gasteiger partial charge < -0.3 is 20.6 Å². The Labute approximate surface area is 381 Å². The van der Waals surface area contributed by atoms with E-state index in [9.17, 15) is 20.1 Å². The highest BCUT2D eigenvalue weighted by molar-refractivity contribution is 5.76. The molecule has 0 radical (unpaired) electrons. The summed E-state index contributed by atoms with van der Waals surface area (Å²) in [4.78, 5) is 12.5. The number of amides is 1. The van der Waals surface area contributed by atoms with Crippen LogP contribution in [0, 0.1) is 0 Å². The Morgan fingerprint density at radius 2 is 0.672 bits per heavy atom. The zero-order chi connectivity index (χ0) is 44.4. The summed E-state index contributed by atoms with van der Waals surface area (Å²) >= 11 is 0. The highest BCUT2D eigenvalue weighted by Crippen LogP contribution is 2.16. The van der Waals surface area contributed by atoms with Crippen LogP contribution in [-0.4, -0.2) is 46.1 Å². The van der Waals surface area contributed by atoms with Crippen molar-refractivity contribution < 1.29 is 20.1 Å². The van der Waals surface area contributed by atoms with E-state index in [0.29, 0.717) is 12.8 Å². The van der Waals surface area contributed by atoms with Gasteiger partial charge in [0.15, 0.2) is 0 Å². The third-order valence-corrected chi connectivity index (χ3v) is 12.7. The predicted octanol–water partition coefficient (Wildman–Crippen LogP) is 16.7. The van der Waals surface area contributed by atoms with Crippen LogP contribution in [0.4, 0.5) is 0 Å². The standard InChI is InChI=1S/C56H107NO4/c1-3-5-7-9-11-13-15-17-19-21-23-24-25-26-27-28-29-30-31-32-33-35-37-39-41-43-45-47-49-51-55(60)57-53(52-58)56(61)54(59)50-48-46-44-42-40-38-36-34-22-20-18-16-14-12-10-8-6-4-2/h26-27,34,36,42,44,53-54,56,58-59,61H,3-25,28-33,35,37-41,43,45-52H2,1-2H3,(H,57,60)/b27-26-,36-34+,44-42+. The van der Waals surface area contributed by atoms with Gasteiger partial charge in [0.25, 0.3) is 0 Å². The molecule has 0 aliphatic heterocycles. The van der Waals surface area contributed by atoms with Gasteiger partial charge in [-0.2, -0.15) is 0 Å². The maximum atomic E-state index is 12.5. The first kappa shape index (κ1) is 59.6. The van der Waals surface area contributed by atoms with E-state index in [0.717, 1.165) is 44.9 Å². The van der Waals surface area contributed by atoms with E-state index in [1.807, 2.05) is 0 Å². The summed E-state index contributed by atoms with van der Waals surface area (Å²) in [7, 11) is 0. The quantitative estimate of drug-likeness (QED) is 0.0362. The number of nitrogens with one attached hydrogen (secondary N) is 1. The van der Waals surface area contributed by atoms with Crippen molar-refractivity contribution in [1.29, 1.82) is 0 Å². The third kappa shape index (κ3) is 46.4. The molecule has 0 aromatic rings. The van der Waals surface area contributed by atoms with Gasteiger partial charge in [-0.1, -0.05) is 243 Å². The molecule has 0 saturated heterocycles. The zero-order valence-electron chi connectivity index (χ0n) is 41.1. The fourth-order valence-electron chi connectivity index (χ4n) is 8.47. The van der Waals surface area contributed by atoms with Crippen molar-refractivity contribution in [1.82, 2.24) is 5.32 Å². The summed E-state index contributed by atoms with van der Waals surface area (Å²) in [6.07, 6.45) is 65.8. The van der Waals surface area contributed by atoms with Crippen molar-refractivity contribution in [2.24, 2.45) is 0 Å². The molecule has 1 amide bonds. The first-order valence-electron chi connectivity index (χ1n) is 27.3. The van der Waals surface area contributed by atoms with Gasteiger partial charge in [0, 0.05) is 6.42 Å². The Morgan fingerprint density at radius 1 is 0.393 bits per heavy atom. The van der Waals surface area contributed by atoms with E-state index >= 15 is 0 Å². The van der Waals surface area contributed by atoms with Crippen LogP contribution < -0.4 is 5.32 Å². The fourth-order valence-corrected chi connectivity index (χ4v) is 8.47. The Bertz CT molecular complexity index is 947. The van der Waals surface area contributed by atoms with Crippen LogP contribution in [0.5, 0.6) is 0 Å². The van der Waals surface area contributed by atoms with Crippen molar-refractivity contribution >= 4 is 5.91 Å². The minimum absolute atomic E-state index is 0.156. The maximum Gasteiger partial charge on any atom is 0.220 e. The van der Waals surface area contributed by atoms with Crippen molar-refractivity contribution in [3.05, 3.63) is 36.5 Å². The largest absolute Gasteiger partial charge is 0.394 e. The molecular formula is C56H107NO4. The number of carbonyl (C=O) groups is 1. The molecule has 0 aromatic heterocycles. The van der Waals surface area contributed by atoms with Crippen molar-refractivity contribution in [3.8, 4) is 0 Å². The van der Waals surface area contributed by atoms with Crippen LogP contribution in [0.3, 0.4) is 0 Å². The van der Waals surface area contributed by atoms with Gasteiger partial charge in [-0.15, -0.1) is 0 Å². The lowest BCUT2D eigenvalue weighted by Crippen LogP contribution is -2.50. The van der Waals surface area contributed by atoms with Gasteiger partial charge in [-0.25, -0.2) is 0 Å². The normalized spacial score (nSPS) is 13.6. The number of aliphatic hydroxyl groups is 3. The summed E-state index contributed by atoms with van der Waals surface area (Å²) < 4.78 is 0. The van der Waals surface area contributed by atoms with E-state index < -0.39 is 18.2 Å². The molecule has 0 bridgehead atoms. The third-order valence-electron chi connectivity index (χ3n) is 12.7. The molecule has 61 heavy (non-hydrogen) atoms. The molecular weight excluding hydrogens is 751 g/mol.